The molecule has 1 aliphatic carbocycles. The molecule has 0 aromatic carbocycles. The Labute approximate surface area is 117 Å². The molecule has 19 heavy (non-hydrogen) atoms. The molecule has 4 heteroatoms. The zero-order valence-electron chi connectivity index (χ0n) is 12.9. The molecule has 1 unspecified atom stereocenters. The van der Waals surface area contributed by atoms with Crippen molar-refractivity contribution in [3.63, 3.8) is 0 Å². The fourth-order valence-electron chi connectivity index (χ4n) is 2.45. The number of ether oxygens (including phenoxy) is 1. The molecular formula is C15H30N2O2. The summed E-state index contributed by atoms with van der Waals surface area (Å²) in [5.74, 6) is 0.0411. The van der Waals surface area contributed by atoms with Crippen LogP contribution in [0.5, 0.6) is 0 Å². The van der Waals surface area contributed by atoms with Crippen molar-refractivity contribution in [3.8, 4) is 0 Å². The van der Waals surface area contributed by atoms with E-state index < -0.39 is 0 Å². The van der Waals surface area contributed by atoms with Crippen LogP contribution in [-0.4, -0.2) is 32.7 Å². The predicted octanol–water partition coefficient (Wildman–Crippen LogP) is 1.93. The van der Waals surface area contributed by atoms with Crippen LogP contribution in [0.2, 0.25) is 0 Å². The molecule has 0 heterocycles. The smallest absolute Gasteiger partial charge is 0.224 e. The summed E-state index contributed by atoms with van der Waals surface area (Å²) in [6.45, 7) is 8.40. The first kappa shape index (κ1) is 16.4. The summed E-state index contributed by atoms with van der Waals surface area (Å²) in [5.41, 5.74) is 6.17. The minimum atomic E-state index is -0.0711. The summed E-state index contributed by atoms with van der Waals surface area (Å²) < 4.78 is 5.13. The fourth-order valence-corrected chi connectivity index (χ4v) is 2.45. The monoisotopic (exact) mass is 270 g/mol. The van der Waals surface area contributed by atoms with Crippen molar-refractivity contribution in [1.82, 2.24) is 5.32 Å². The molecule has 0 aliphatic heterocycles. The van der Waals surface area contributed by atoms with E-state index in [4.69, 9.17) is 10.5 Å². The maximum Gasteiger partial charge on any atom is 0.224 e. The molecule has 0 radical (unpaired) electrons. The van der Waals surface area contributed by atoms with Gasteiger partial charge in [0, 0.05) is 26.8 Å². The second kappa shape index (κ2) is 6.71. The number of nitrogens with two attached hydrogens (primary N) is 1. The summed E-state index contributed by atoms with van der Waals surface area (Å²) in [6.07, 6.45) is 4.27. The molecule has 0 bridgehead atoms. The highest BCUT2D eigenvalue weighted by Crippen LogP contribution is 2.48. The summed E-state index contributed by atoms with van der Waals surface area (Å²) in [4.78, 5) is 12.2. The number of nitrogens with one attached hydrogen (secondary N) is 1. The molecule has 0 aromatic rings. The Kier molecular flexibility index (Phi) is 5.81. The molecule has 1 fully saturated rings. The molecule has 0 saturated heterocycles. The van der Waals surface area contributed by atoms with Gasteiger partial charge in [0.2, 0.25) is 5.91 Å². The van der Waals surface area contributed by atoms with E-state index in [9.17, 15) is 4.79 Å². The molecule has 4 nitrogen and oxygen atoms in total. The first-order valence-electron chi connectivity index (χ1n) is 7.29. The molecule has 1 atom stereocenters. The van der Waals surface area contributed by atoms with Crippen LogP contribution in [0.1, 0.15) is 46.5 Å². The van der Waals surface area contributed by atoms with Crippen molar-refractivity contribution in [1.29, 1.82) is 0 Å². The minimum absolute atomic E-state index is 0.0711. The average molecular weight is 270 g/mol. The molecule has 112 valence electrons. The van der Waals surface area contributed by atoms with Gasteiger partial charge in [0.25, 0.3) is 0 Å². The maximum absolute atomic E-state index is 12.2. The van der Waals surface area contributed by atoms with Crippen LogP contribution in [0.3, 0.4) is 0 Å². The fraction of sp³-hybridized carbons (Fsp3) is 0.933. The molecule has 0 spiro atoms. The first-order valence-corrected chi connectivity index (χ1v) is 7.29. The first-order chi connectivity index (χ1) is 8.82. The van der Waals surface area contributed by atoms with E-state index in [1.165, 1.54) is 12.8 Å². The van der Waals surface area contributed by atoms with Crippen molar-refractivity contribution in [2.24, 2.45) is 22.5 Å². The van der Waals surface area contributed by atoms with Crippen molar-refractivity contribution < 1.29 is 9.53 Å². The Morgan fingerprint density at radius 3 is 2.47 bits per heavy atom. The lowest BCUT2D eigenvalue weighted by atomic mass is 9.84. The predicted molar refractivity (Wildman–Crippen MR) is 77.8 cm³/mol. The van der Waals surface area contributed by atoms with E-state index in [-0.39, 0.29) is 17.2 Å². The Morgan fingerprint density at radius 1 is 1.42 bits per heavy atom. The molecular weight excluding hydrogens is 240 g/mol. The topological polar surface area (TPSA) is 64.3 Å². The summed E-state index contributed by atoms with van der Waals surface area (Å²) in [6, 6.07) is 0. The Bertz CT molecular complexity index is 293. The number of hydrogen-bond donors (Lipinski definition) is 2. The van der Waals surface area contributed by atoms with Crippen LogP contribution in [-0.2, 0) is 9.53 Å². The van der Waals surface area contributed by atoms with E-state index >= 15 is 0 Å². The van der Waals surface area contributed by atoms with Gasteiger partial charge in [-0.25, -0.2) is 0 Å². The van der Waals surface area contributed by atoms with Gasteiger partial charge in [-0.2, -0.15) is 0 Å². The van der Waals surface area contributed by atoms with Crippen molar-refractivity contribution in [2.45, 2.75) is 46.5 Å². The summed E-state index contributed by atoms with van der Waals surface area (Å²) >= 11 is 0. The van der Waals surface area contributed by atoms with Crippen molar-refractivity contribution in [2.75, 3.05) is 26.8 Å². The van der Waals surface area contributed by atoms with E-state index in [1.54, 1.807) is 7.11 Å². The van der Waals surface area contributed by atoms with Gasteiger partial charge >= 0.3 is 0 Å². The van der Waals surface area contributed by atoms with Gasteiger partial charge in [-0.1, -0.05) is 20.8 Å². The number of carbonyl (C=O) groups excluding carboxylic acids is 1. The van der Waals surface area contributed by atoms with E-state index in [0.717, 1.165) is 26.0 Å². The van der Waals surface area contributed by atoms with Gasteiger partial charge in [0.15, 0.2) is 0 Å². The molecule has 1 rings (SSSR count). The SMILES string of the molecule is COCCC1(CNC(=O)C(CN)CC(C)(C)C)CC1. The number of rotatable bonds is 8. The lowest BCUT2D eigenvalue weighted by molar-refractivity contribution is -0.125. The number of carbonyl (C=O) groups is 1. The number of hydrogen-bond acceptors (Lipinski definition) is 3. The third-order valence-corrected chi connectivity index (χ3v) is 3.95. The normalized spacial score (nSPS) is 19.0. The highest BCUT2D eigenvalue weighted by molar-refractivity contribution is 5.79. The third-order valence-electron chi connectivity index (χ3n) is 3.95. The Balaban J connectivity index is 2.37. The van der Waals surface area contributed by atoms with Crippen LogP contribution >= 0.6 is 0 Å². The van der Waals surface area contributed by atoms with Gasteiger partial charge in [-0.15, -0.1) is 0 Å². The largest absolute Gasteiger partial charge is 0.385 e. The van der Waals surface area contributed by atoms with E-state index in [2.05, 4.69) is 26.1 Å². The van der Waals surface area contributed by atoms with E-state index in [0.29, 0.717) is 12.0 Å². The average Bonchev–Trinajstić information content (AvgIpc) is 3.10. The Morgan fingerprint density at radius 2 is 2.05 bits per heavy atom. The Hall–Kier alpha value is -0.610. The minimum Gasteiger partial charge on any atom is -0.385 e. The molecule has 3 N–H and O–H groups in total. The van der Waals surface area contributed by atoms with Gasteiger partial charge in [0.05, 0.1) is 5.92 Å². The van der Waals surface area contributed by atoms with Gasteiger partial charge < -0.3 is 15.8 Å². The molecule has 1 saturated carbocycles. The molecule has 1 aliphatic rings. The maximum atomic E-state index is 12.2. The van der Waals surface area contributed by atoms with Gasteiger partial charge in [0.1, 0.15) is 0 Å². The highest BCUT2D eigenvalue weighted by atomic mass is 16.5. The lowest BCUT2D eigenvalue weighted by Crippen LogP contribution is -2.40. The standard InChI is InChI=1S/C15H30N2O2/c1-14(2,3)9-12(10-16)13(18)17-11-15(5-6-15)7-8-19-4/h12H,5-11,16H2,1-4H3,(H,17,18). The summed E-state index contributed by atoms with van der Waals surface area (Å²) in [5, 5.41) is 3.09. The third kappa shape index (κ3) is 5.91. The quantitative estimate of drug-likeness (QED) is 0.708. The highest BCUT2D eigenvalue weighted by Gasteiger charge is 2.42. The summed E-state index contributed by atoms with van der Waals surface area (Å²) in [7, 11) is 1.72. The van der Waals surface area contributed by atoms with Gasteiger partial charge in [-0.05, 0) is 36.5 Å². The van der Waals surface area contributed by atoms with Crippen LogP contribution in [0.4, 0.5) is 0 Å². The molecule has 1 amide bonds. The van der Waals surface area contributed by atoms with Crippen LogP contribution < -0.4 is 11.1 Å². The van der Waals surface area contributed by atoms with E-state index in [1.807, 2.05) is 0 Å². The van der Waals surface area contributed by atoms with Crippen LogP contribution in [0.15, 0.2) is 0 Å². The van der Waals surface area contributed by atoms with Crippen LogP contribution in [0.25, 0.3) is 0 Å². The van der Waals surface area contributed by atoms with Crippen molar-refractivity contribution >= 4 is 5.91 Å². The lowest BCUT2D eigenvalue weighted by Gasteiger charge is -2.25. The number of methoxy groups -OCH3 is 1. The van der Waals surface area contributed by atoms with Gasteiger partial charge in [-0.3, -0.25) is 4.79 Å². The number of amides is 1. The van der Waals surface area contributed by atoms with Crippen LogP contribution in [0, 0.1) is 16.7 Å². The van der Waals surface area contributed by atoms with Crippen molar-refractivity contribution in [3.05, 3.63) is 0 Å². The zero-order chi connectivity index (χ0) is 14.5. The molecule has 0 aromatic heterocycles. The zero-order valence-corrected chi connectivity index (χ0v) is 12.9. The second-order valence-electron chi connectivity index (χ2n) is 7.16. The second-order valence-corrected chi connectivity index (χ2v) is 7.16.